The molecule has 3 heteroatoms. The van der Waals surface area contributed by atoms with Gasteiger partial charge in [0.1, 0.15) is 5.78 Å². The second-order valence-electron chi connectivity index (χ2n) is 4.49. The summed E-state index contributed by atoms with van der Waals surface area (Å²) >= 11 is 0. The molecule has 3 nitrogen and oxygen atoms in total. The van der Waals surface area contributed by atoms with Crippen molar-refractivity contribution in [1.29, 1.82) is 0 Å². The second kappa shape index (κ2) is 5.21. The SMILES string of the molecule is COc1cc(C)ccc1OCCC(=O)C1CC1. The van der Waals surface area contributed by atoms with E-state index in [1.807, 2.05) is 25.1 Å². The van der Waals surface area contributed by atoms with E-state index in [9.17, 15) is 4.79 Å². The van der Waals surface area contributed by atoms with Gasteiger partial charge < -0.3 is 9.47 Å². The third-order valence-electron chi connectivity index (χ3n) is 2.96. The van der Waals surface area contributed by atoms with E-state index in [2.05, 4.69) is 0 Å². The quantitative estimate of drug-likeness (QED) is 0.759. The Morgan fingerprint density at radius 1 is 1.35 bits per heavy atom. The van der Waals surface area contributed by atoms with Gasteiger partial charge in [-0.25, -0.2) is 0 Å². The van der Waals surface area contributed by atoms with Crippen molar-refractivity contribution in [3.05, 3.63) is 23.8 Å². The summed E-state index contributed by atoms with van der Waals surface area (Å²) in [5, 5.41) is 0. The first-order valence-electron chi connectivity index (χ1n) is 6.01. The molecule has 0 unspecified atom stereocenters. The zero-order valence-electron chi connectivity index (χ0n) is 10.4. The molecule has 0 saturated heterocycles. The van der Waals surface area contributed by atoms with Gasteiger partial charge in [-0.15, -0.1) is 0 Å². The summed E-state index contributed by atoms with van der Waals surface area (Å²) < 4.78 is 10.8. The maximum absolute atomic E-state index is 11.5. The molecule has 1 aromatic carbocycles. The van der Waals surface area contributed by atoms with Crippen LogP contribution in [0.3, 0.4) is 0 Å². The summed E-state index contributed by atoms with van der Waals surface area (Å²) in [4.78, 5) is 11.5. The minimum absolute atomic E-state index is 0.318. The smallest absolute Gasteiger partial charge is 0.161 e. The van der Waals surface area contributed by atoms with E-state index >= 15 is 0 Å². The fourth-order valence-electron chi connectivity index (χ4n) is 1.77. The molecular formula is C14H18O3. The van der Waals surface area contributed by atoms with Crippen LogP contribution in [-0.2, 0) is 4.79 Å². The molecule has 1 saturated carbocycles. The average Bonchev–Trinajstić information content (AvgIpc) is 3.14. The third-order valence-corrected chi connectivity index (χ3v) is 2.96. The number of rotatable bonds is 6. The van der Waals surface area contributed by atoms with Crippen LogP contribution >= 0.6 is 0 Å². The Morgan fingerprint density at radius 3 is 2.76 bits per heavy atom. The summed E-state index contributed by atoms with van der Waals surface area (Å²) in [5.74, 6) is 2.08. The van der Waals surface area contributed by atoms with Crippen molar-refractivity contribution in [2.24, 2.45) is 5.92 Å². The predicted octanol–water partition coefficient (Wildman–Crippen LogP) is 2.75. The number of Topliss-reactive ketones (excluding diaryl/α,β-unsaturated/α-hetero) is 1. The van der Waals surface area contributed by atoms with E-state index in [0.717, 1.165) is 24.2 Å². The fourth-order valence-corrected chi connectivity index (χ4v) is 1.77. The maximum Gasteiger partial charge on any atom is 0.161 e. The maximum atomic E-state index is 11.5. The lowest BCUT2D eigenvalue weighted by Crippen LogP contribution is -2.08. The van der Waals surface area contributed by atoms with Gasteiger partial charge in [-0.1, -0.05) is 6.07 Å². The molecule has 1 fully saturated rings. The molecule has 0 heterocycles. The zero-order valence-corrected chi connectivity index (χ0v) is 10.4. The number of methoxy groups -OCH3 is 1. The molecule has 92 valence electrons. The van der Waals surface area contributed by atoms with E-state index in [4.69, 9.17) is 9.47 Å². The second-order valence-corrected chi connectivity index (χ2v) is 4.49. The number of hydrogen-bond donors (Lipinski definition) is 0. The largest absolute Gasteiger partial charge is 0.493 e. The number of hydrogen-bond acceptors (Lipinski definition) is 3. The highest BCUT2D eigenvalue weighted by atomic mass is 16.5. The fraction of sp³-hybridized carbons (Fsp3) is 0.500. The van der Waals surface area contributed by atoms with E-state index < -0.39 is 0 Å². The average molecular weight is 234 g/mol. The van der Waals surface area contributed by atoms with Crippen molar-refractivity contribution in [3.8, 4) is 11.5 Å². The molecule has 0 amide bonds. The summed E-state index contributed by atoms with van der Waals surface area (Å²) in [5.41, 5.74) is 1.13. The van der Waals surface area contributed by atoms with Gasteiger partial charge in [-0.05, 0) is 37.5 Å². The van der Waals surface area contributed by atoms with Crippen LogP contribution in [0.1, 0.15) is 24.8 Å². The van der Waals surface area contributed by atoms with Gasteiger partial charge in [0.05, 0.1) is 13.7 Å². The standard InChI is InChI=1S/C14H18O3/c1-10-3-6-13(14(9-10)16-2)17-8-7-12(15)11-4-5-11/h3,6,9,11H,4-5,7-8H2,1-2H3. The van der Waals surface area contributed by atoms with Crippen LogP contribution in [0.4, 0.5) is 0 Å². The summed E-state index contributed by atoms with van der Waals surface area (Å²) in [6.07, 6.45) is 2.63. The number of carbonyl (C=O) groups is 1. The van der Waals surface area contributed by atoms with E-state index in [-0.39, 0.29) is 0 Å². The summed E-state index contributed by atoms with van der Waals surface area (Å²) in [7, 11) is 1.62. The molecule has 1 aliphatic rings. The predicted molar refractivity (Wildman–Crippen MR) is 65.6 cm³/mol. The molecule has 1 aromatic rings. The van der Waals surface area contributed by atoms with Crippen LogP contribution in [0.5, 0.6) is 11.5 Å². The first kappa shape index (κ1) is 12.0. The molecule has 0 aliphatic heterocycles. The van der Waals surface area contributed by atoms with Crippen molar-refractivity contribution in [1.82, 2.24) is 0 Å². The highest BCUT2D eigenvalue weighted by Crippen LogP contribution is 2.31. The molecule has 0 N–H and O–H groups in total. The first-order chi connectivity index (χ1) is 8.20. The molecule has 0 atom stereocenters. The van der Waals surface area contributed by atoms with E-state index in [1.54, 1.807) is 7.11 Å². The number of ketones is 1. The Morgan fingerprint density at radius 2 is 2.12 bits per heavy atom. The van der Waals surface area contributed by atoms with Crippen LogP contribution in [0.15, 0.2) is 18.2 Å². The number of benzene rings is 1. The van der Waals surface area contributed by atoms with Gasteiger partial charge in [0.15, 0.2) is 11.5 Å². The van der Waals surface area contributed by atoms with Gasteiger partial charge in [0.25, 0.3) is 0 Å². The Labute approximate surface area is 102 Å². The van der Waals surface area contributed by atoms with Gasteiger partial charge >= 0.3 is 0 Å². The zero-order chi connectivity index (χ0) is 12.3. The third kappa shape index (κ3) is 3.22. The molecule has 0 aromatic heterocycles. The highest BCUT2D eigenvalue weighted by Gasteiger charge is 2.28. The van der Waals surface area contributed by atoms with Crippen molar-refractivity contribution in [2.75, 3.05) is 13.7 Å². The molecular weight excluding hydrogens is 216 g/mol. The molecule has 17 heavy (non-hydrogen) atoms. The van der Waals surface area contributed by atoms with Crippen LogP contribution in [0.2, 0.25) is 0 Å². The lowest BCUT2D eigenvalue weighted by atomic mass is 10.2. The minimum atomic E-state index is 0.318. The summed E-state index contributed by atoms with van der Waals surface area (Å²) in [6, 6.07) is 5.79. The Balaban J connectivity index is 1.87. The molecule has 1 aliphatic carbocycles. The monoisotopic (exact) mass is 234 g/mol. The van der Waals surface area contributed by atoms with Crippen molar-refractivity contribution < 1.29 is 14.3 Å². The molecule has 0 spiro atoms. The van der Waals surface area contributed by atoms with Crippen LogP contribution in [-0.4, -0.2) is 19.5 Å². The highest BCUT2D eigenvalue weighted by molar-refractivity contribution is 5.83. The number of aryl methyl sites for hydroxylation is 1. The van der Waals surface area contributed by atoms with E-state index in [0.29, 0.717) is 30.5 Å². The molecule has 2 rings (SSSR count). The Bertz CT molecular complexity index is 408. The van der Waals surface area contributed by atoms with Crippen molar-refractivity contribution in [3.63, 3.8) is 0 Å². The first-order valence-corrected chi connectivity index (χ1v) is 6.01. The minimum Gasteiger partial charge on any atom is -0.493 e. The van der Waals surface area contributed by atoms with Crippen LogP contribution in [0, 0.1) is 12.8 Å². The van der Waals surface area contributed by atoms with Gasteiger partial charge in [-0.2, -0.15) is 0 Å². The van der Waals surface area contributed by atoms with E-state index in [1.165, 1.54) is 0 Å². The molecule has 0 radical (unpaired) electrons. The topological polar surface area (TPSA) is 35.5 Å². The van der Waals surface area contributed by atoms with Gasteiger partial charge in [0, 0.05) is 12.3 Å². The molecule has 0 bridgehead atoms. The van der Waals surface area contributed by atoms with Gasteiger partial charge in [0.2, 0.25) is 0 Å². The Kier molecular flexibility index (Phi) is 3.67. The van der Waals surface area contributed by atoms with Gasteiger partial charge in [-0.3, -0.25) is 4.79 Å². The number of ether oxygens (including phenoxy) is 2. The Hall–Kier alpha value is -1.51. The number of carbonyl (C=O) groups excluding carboxylic acids is 1. The van der Waals surface area contributed by atoms with Crippen molar-refractivity contribution in [2.45, 2.75) is 26.2 Å². The lowest BCUT2D eigenvalue weighted by Gasteiger charge is -2.10. The van der Waals surface area contributed by atoms with Crippen LogP contribution < -0.4 is 9.47 Å². The van der Waals surface area contributed by atoms with Crippen molar-refractivity contribution >= 4 is 5.78 Å². The summed E-state index contributed by atoms with van der Waals surface area (Å²) in [6.45, 7) is 2.44. The lowest BCUT2D eigenvalue weighted by molar-refractivity contribution is -0.120. The normalized spacial score (nSPS) is 14.5. The van der Waals surface area contributed by atoms with Crippen LogP contribution in [0.25, 0.3) is 0 Å².